The zero-order valence-electron chi connectivity index (χ0n) is 6.24. The van der Waals surface area contributed by atoms with Crippen molar-refractivity contribution in [1.82, 2.24) is 0 Å². The van der Waals surface area contributed by atoms with Crippen LogP contribution in [0.1, 0.15) is 17.6 Å². The van der Waals surface area contributed by atoms with Crippen LogP contribution in [0.4, 0.5) is 8.78 Å². The van der Waals surface area contributed by atoms with Crippen molar-refractivity contribution in [3.05, 3.63) is 33.3 Å². The molecule has 0 atom stereocenters. The van der Waals surface area contributed by atoms with Crippen molar-refractivity contribution >= 4 is 23.2 Å². The molecule has 1 rings (SSSR count). The minimum atomic E-state index is -2.57. The van der Waals surface area contributed by atoms with Gasteiger partial charge in [0.1, 0.15) is 0 Å². The highest BCUT2D eigenvalue weighted by Crippen LogP contribution is 2.33. The van der Waals surface area contributed by atoms with Crippen molar-refractivity contribution in [2.75, 3.05) is 0 Å². The third-order valence-electron chi connectivity index (χ3n) is 1.61. The summed E-state index contributed by atoms with van der Waals surface area (Å²) in [7, 11) is 0. The quantitative estimate of drug-likeness (QED) is 0.651. The van der Waals surface area contributed by atoms with Crippen LogP contribution in [0.2, 0.25) is 10.0 Å². The van der Waals surface area contributed by atoms with E-state index in [1.807, 2.05) is 0 Å². The Morgan fingerprint density at radius 3 is 2.08 bits per heavy atom. The van der Waals surface area contributed by atoms with Crippen molar-refractivity contribution in [3.8, 4) is 0 Å². The van der Waals surface area contributed by atoms with Gasteiger partial charge in [-0.2, -0.15) is 0 Å². The van der Waals surface area contributed by atoms with Crippen LogP contribution < -0.4 is 0 Å². The summed E-state index contributed by atoms with van der Waals surface area (Å²) in [5.74, 6) is 0. The molecular formula is C8H6Cl2F2. The van der Waals surface area contributed by atoms with E-state index in [9.17, 15) is 8.78 Å². The maximum absolute atomic E-state index is 12.3. The van der Waals surface area contributed by atoms with Crippen molar-refractivity contribution in [2.24, 2.45) is 0 Å². The van der Waals surface area contributed by atoms with Crippen LogP contribution >= 0.6 is 23.2 Å². The first-order valence-corrected chi connectivity index (χ1v) is 4.02. The summed E-state index contributed by atoms with van der Waals surface area (Å²) in [6, 6.07) is 2.88. The number of halogens is 4. The van der Waals surface area contributed by atoms with Gasteiger partial charge in [0.25, 0.3) is 6.43 Å². The van der Waals surface area contributed by atoms with E-state index in [4.69, 9.17) is 23.2 Å². The van der Waals surface area contributed by atoms with Crippen molar-refractivity contribution < 1.29 is 8.78 Å². The highest BCUT2D eigenvalue weighted by Gasteiger charge is 2.16. The summed E-state index contributed by atoms with van der Waals surface area (Å²) in [6.45, 7) is 1.52. The summed E-state index contributed by atoms with van der Waals surface area (Å²) in [6.07, 6.45) is -2.57. The molecule has 0 aliphatic rings. The minimum Gasteiger partial charge on any atom is -0.205 e. The highest BCUT2D eigenvalue weighted by molar-refractivity contribution is 6.34. The first-order chi connectivity index (χ1) is 5.54. The average molecular weight is 211 g/mol. The second kappa shape index (κ2) is 3.58. The minimum absolute atomic E-state index is 0.0619. The largest absolute Gasteiger partial charge is 0.265 e. The Morgan fingerprint density at radius 1 is 1.17 bits per heavy atom. The van der Waals surface area contributed by atoms with Crippen LogP contribution in [0, 0.1) is 6.92 Å². The Balaban J connectivity index is 3.33. The smallest absolute Gasteiger partial charge is 0.205 e. The van der Waals surface area contributed by atoms with Gasteiger partial charge in [0.15, 0.2) is 0 Å². The SMILES string of the molecule is Cc1c(Cl)ccc(Cl)c1C(F)F. The summed E-state index contributed by atoms with van der Waals surface area (Å²) in [5, 5.41) is 0.376. The van der Waals surface area contributed by atoms with Gasteiger partial charge in [-0.3, -0.25) is 0 Å². The number of benzene rings is 1. The Morgan fingerprint density at radius 2 is 1.67 bits per heavy atom. The Labute approximate surface area is 79.1 Å². The highest BCUT2D eigenvalue weighted by atomic mass is 35.5. The van der Waals surface area contributed by atoms with E-state index in [-0.39, 0.29) is 10.6 Å². The molecule has 0 spiro atoms. The molecule has 0 fully saturated rings. The standard InChI is InChI=1S/C8H6Cl2F2/c1-4-5(9)2-3-6(10)7(4)8(11)12/h2-3,8H,1H3. The third-order valence-corrected chi connectivity index (χ3v) is 2.35. The van der Waals surface area contributed by atoms with Gasteiger partial charge in [0.2, 0.25) is 0 Å². The summed E-state index contributed by atoms with van der Waals surface area (Å²) < 4.78 is 24.7. The number of hydrogen-bond donors (Lipinski definition) is 0. The van der Waals surface area contributed by atoms with Gasteiger partial charge in [0, 0.05) is 15.6 Å². The van der Waals surface area contributed by atoms with Crippen molar-refractivity contribution in [2.45, 2.75) is 13.3 Å². The van der Waals surface area contributed by atoms with Crippen LogP contribution in [0.3, 0.4) is 0 Å². The second-order valence-electron chi connectivity index (χ2n) is 2.37. The van der Waals surface area contributed by atoms with E-state index >= 15 is 0 Å². The van der Waals surface area contributed by atoms with Crippen molar-refractivity contribution in [3.63, 3.8) is 0 Å². The van der Waals surface area contributed by atoms with Crippen LogP contribution in [-0.4, -0.2) is 0 Å². The van der Waals surface area contributed by atoms with Gasteiger partial charge in [-0.1, -0.05) is 23.2 Å². The van der Waals surface area contributed by atoms with Gasteiger partial charge in [-0.25, -0.2) is 8.78 Å². The van der Waals surface area contributed by atoms with Crippen molar-refractivity contribution in [1.29, 1.82) is 0 Å². The van der Waals surface area contributed by atoms with E-state index in [2.05, 4.69) is 0 Å². The van der Waals surface area contributed by atoms with E-state index in [1.165, 1.54) is 19.1 Å². The lowest BCUT2D eigenvalue weighted by Crippen LogP contribution is -1.91. The molecule has 0 saturated carbocycles. The summed E-state index contributed by atoms with van der Waals surface area (Å²) in [4.78, 5) is 0. The molecule has 12 heavy (non-hydrogen) atoms. The molecule has 1 aromatic rings. The molecule has 0 radical (unpaired) electrons. The molecule has 0 nitrogen and oxygen atoms in total. The number of rotatable bonds is 1. The zero-order chi connectivity index (χ0) is 9.30. The molecule has 0 aliphatic carbocycles. The lowest BCUT2D eigenvalue weighted by Gasteiger charge is -2.07. The molecule has 0 bridgehead atoms. The Kier molecular flexibility index (Phi) is 2.91. The van der Waals surface area contributed by atoms with Gasteiger partial charge in [-0.05, 0) is 24.6 Å². The molecule has 0 heterocycles. The average Bonchev–Trinajstić information content (AvgIpc) is 1.97. The zero-order valence-corrected chi connectivity index (χ0v) is 7.76. The lowest BCUT2D eigenvalue weighted by atomic mass is 10.1. The molecule has 0 saturated heterocycles. The molecule has 0 N–H and O–H groups in total. The van der Waals surface area contributed by atoms with Crippen LogP contribution in [-0.2, 0) is 0 Å². The number of alkyl halides is 2. The fourth-order valence-corrected chi connectivity index (χ4v) is 1.39. The van der Waals surface area contributed by atoms with E-state index in [0.717, 1.165) is 0 Å². The van der Waals surface area contributed by atoms with Gasteiger partial charge in [-0.15, -0.1) is 0 Å². The molecule has 66 valence electrons. The lowest BCUT2D eigenvalue weighted by molar-refractivity contribution is 0.150. The molecule has 0 amide bonds. The van der Waals surface area contributed by atoms with Crippen LogP contribution in [0.15, 0.2) is 12.1 Å². The fourth-order valence-electron chi connectivity index (χ4n) is 0.937. The van der Waals surface area contributed by atoms with Gasteiger partial charge in [0.05, 0.1) is 0 Å². The molecule has 0 aromatic heterocycles. The predicted molar refractivity (Wildman–Crippen MR) is 46.2 cm³/mol. The number of hydrogen-bond acceptors (Lipinski definition) is 0. The van der Waals surface area contributed by atoms with E-state index < -0.39 is 6.43 Å². The Bertz CT molecular complexity index is 297. The first-order valence-electron chi connectivity index (χ1n) is 3.26. The monoisotopic (exact) mass is 210 g/mol. The maximum atomic E-state index is 12.3. The van der Waals surface area contributed by atoms with Gasteiger partial charge >= 0.3 is 0 Å². The fraction of sp³-hybridized carbons (Fsp3) is 0.250. The summed E-state index contributed by atoms with van der Waals surface area (Å²) in [5.41, 5.74) is 0.170. The summed E-state index contributed by atoms with van der Waals surface area (Å²) >= 11 is 11.2. The first kappa shape index (κ1) is 9.75. The molecular weight excluding hydrogens is 205 g/mol. The molecule has 0 aliphatic heterocycles. The Hall–Kier alpha value is -0.340. The van der Waals surface area contributed by atoms with Crippen LogP contribution in [0.5, 0.6) is 0 Å². The van der Waals surface area contributed by atoms with E-state index in [0.29, 0.717) is 10.6 Å². The topological polar surface area (TPSA) is 0 Å². The van der Waals surface area contributed by atoms with Gasteiger partial charge < -0.3 is 0 Å². The normalized spacial score (nSPS) is 10.8. The predicted octanol–water partition coefficient (Wildman–Crippen LogP) is 4.24. The molecule has 4 heteroatoms. The van der Waals surface area contributed by atoms with Crippen LogP contribution in [0.25, 0.3) is 0 Å². The van der Waals surface area contributed by atoms with E-state index in [1.54, 1.807) is 0 Å². The molecule has 0 unspecified atom stereocenters. The third kappa shape index (κ3) is 1.70. The maximum Gasteiger partial charge on any atom is 0.265 e. The molecule has 1 aromatic carbocycles. The second-order valence-corrected chi connectivity index (χ2v) is 3.18.